The standard InChI is InChI=1S/C28H32N4O4/c1-31(2)22-12-9-20(10-13-22)24(32-16-15-19-7-5-6-8-23(19)32)18-29-27(33)28(34)30-21-11-14-25(35-3)26(17-21)36-4/h5-14,17,24H,15-16,18H2,1-4H3,(H,29,33)(H,30,34)/t24-/m1/s1. The minimum absolute atomic E-state index is 0.123. The molecule has 0 saturated heterocycles. The van der Waals surface area contributed by atoms with E-state index >= 15 is 0 Å². The predicted octanol–water partition coefficient (Wildman–Crippen LogP) is 3.63. The molecule has 0 saturated carbocycles. The Bertz CT molecular complexity index is 1230. The van der Waals surface area contributed by atoms with E-state index in [0.717, 1.165) is 29.9 Å². The van der Waals surface area contributed by atoms with E-state index in [4.69, 9.17) is 9.47 Å². The smallest absolute Gasteiger partial charge is 0.313 e. The lowest BCUT2D eigenvalue weighted by atomic mass is 10.0. The molecule has 0 unspecified atom stereocenters. The lowest BCUT2D eigenvalue weighted by Crippen LogP contribution is -2.41. The maximum atomic E-state index is 12.8. The van der Waals surface area contributed by atoms with Crippen molar-refractivity contribution in [3.05, 3.63) is 77.9 Å². The Labute approximate surface area is 211 Å². The summed E-state index contributed by atoms with van der Waals surface area (Å²) >= 11 is 0. The molecule has 2 N–H and O–H groups in total. The number of anilines is 3. The van der Waals surface area contributed by atoms with Crippen LogP contribution in [0, 0.1) is 0 Å². The Morgan fingerprint density at radius 2 is 1.67 bits per heavy atom. The molecule has 0 aromatic heterocycles. The number of para-hydroxylation sites is 1. The van der Waals surface area contributed by atoms with Crippen LogP contribution >= 0.6 is 0 Å². The number of ether oxygens (including phenoxy) is 2. The molecule has 1 aliphatic heterocycles. The van der Waals surface area contributed by atoms with Crippen LogP contribution in [0.15, 0.2) is 66.7 Å². The summed E-state index contributed by atoms with van der Waals surface area (Å²) in [6, 6.07) is 21.4. The van der Waals surface area contributed by atoms with Gasteiger partial charge in [-0.15, -0.1) is 0 Å². The molecular formula is C28H32N4O4. The molecule has 2 amide bonds. The number of hydrogen-bond acceptors (Lipinski definition) is 6. The van der Waals surface area contributed by atoms with Gasteiger partial charge >= 0.3 is 11.8 Å². The fourth-order valence-electron chi connectivity index (χ4n) is 4.46. The number of carbonyl (C=O) groups excluding carboxylic acids is 2. The average Bonchev–Trinajstić information content (AvgIpc) is 3.32. The maximum absolute atomic E-state index is 12.8. The molecule has 3 aromatic rings. The highest BCUT2D eigenvalue weighted by Crippen LogP contribution is 2.35. The highest BCUT2D eigenvalue weighted by Gasteiger charge is 2.28. The van der Waals surface area contributed by atoms with Gasteiger partial charge in [-0.1, -0.05) is 30.3 Å². The summed E-state index contributed by atoms with van der Waals surface area (Å²) < 4.78 is 10.5. The molecule has 36 heavy (non-hydrogen) atoms. The second kappa shape index (κ2) is 11.0. The molecule has 188 valence electrons. The molecule has 8 nitrogen and oxygen atoms in total. The highest BCUT2D eigenvalue weighted by molar-refractivity contribution is 6.39. The van der Waals surface area contributed by atoms with E-state index in [-0.39, 0.29) is 12.6 Å². The Balaban J connectivity index is 1.49. The lowest BCUT2D eigenvalue weighted by Gasteiger charge is -2.31. The third kappa shape index (κ3) is 5.38. The SMILES string of the molecule is COc1ccc(NC(=O)C(=O)NC[C@H](c2ccc(N(C)C)cc2)N2CCc3ccccc32)cc1OC. The molecule has 1 aliphatic rings. The minimum atomic E-state index is -0.745. The van der Waals surface area contributed by atoms with Crippen molar-refractivity contribution >= 4 is 28.9 Å². The summed E-state index contributed by atoms with van der Waals surface area (Å²) in [5.41, 5.74) is 5.04. The molecule has 1 atom stereocenters. The first kappa shape index (κ1) is 24.9. The van der Waals surface area contributed by atoms with Crippen LogP contribution in [0.1, 0.15) is 17.2 Å². The van der Waals surface area contributed by atoms with Gasteiger partial charge in [0.25, 0.3) is 0 Å². The van der Waals surface area contributed by atoms with Crippen LogP contribution in [0.25, 0.3) is 0 Å². The second-order valence-electron chi connectivity index (χ2n) is 8.81. The van der Waals surface area contributed by atoms with Gasteiger partial charge in [-0.3, -0.25) is 9.59 Å². The van der Waals surface area contributed by atoms with E-state index in [1.54, 1.807) is 18.2 Å². The van der Waals surface area contributed by atoms with Crippen LogP contribution < -0.4 is 29.9 Å². The molecule has 0 bridgehead atoms. The van der Waals surface area contributed by atoms with E-state index in [1.807, 2.05) is 31.1 Å². The first-order valence-corrected chi connectivity index (χ1v) is 11.8. The van der Waals surface area contributed by atoms with Gasteiger partial charge in [0, 0.05) is 50.3 Å². The number of rotatable bonds is 8. The van der Waals surface area contributed by atoms with E-state index < -0.39 is 11.8 Å². The first-order valence-electron chi connectivity index (χ1n) is 11.8. The molecule has 0 fully saturated rings. The molecule has 0 spiro atoms. The molecular weight excluding hydrogens is 456 g/mol. The summed E-state index contributed by atoms with van der Waals surface area (Å²) in [6.07, 6.45) is 0.941. The van der Waals surface area contributed by atoms with Crippen molar-refractivity contribution in [1.29, 1.82) is 0 Å². The predicted molar refractivity (Wildman–Crippen MR) is 142 cm³/mol. The zero-order valence-corrected chi connectivity index (χ0v) is 21.1. The van der Waals surface area contributed by atoms with E-state index in [1.165, 1.54) is 19.8 Å². The van der Waals surface area contributed by atoms with Gasteiger partial charge in [0.2, 0.25) is 0 Å². The Kier molecular flexibility index (Phi) is 7.63. The second-order valence-corrected chi connectivity index (χ2v) is 8.81. The Hall–Kier alpha value is -4.20. The maximum Gasteiger partial charge on any atom is 0.313 e. The summed E-state index contributed by atoms with van der Waals surface area (Å²) in [4.78, 5) is 29.7. The molecule has 8 heteroatoms. The summed E-state index contributed by atoms with van der Waals surface area (Å²) in [7, 11) is 7.05. The molecule has 4 rings (SSSR count). The highest BCUT2D eigenvalue weighted by atomic mass is 16.5. The monoisotopic (exact) mass is 488 g/mol. The quantitative estimate of drug-likeness (QED) is 0.471. The number of methoxy groups -OCH3 is 2. The number of hydrogen-bond donors (Lipinski definition) is 2. The number of amides is 2. The van der Waals surface area contributed by atoms with Crippen molar-refractivity contribution in [3.8, 4) is 11.5 Å². The Morgan fingerprint density at radius 3 is 2.36 bits per heavy atom. The first-order chi connectivity index (χ1) is 17.4. The van der Waals surface area contributed by atoms with Crippen LogP contribution in [-0.2, 0) is 16.0 Å². The summed E-state index contributed by atoms with van der Waals surface area (Å²) in [5, 5.41) is 5.47. The lowest BCUT2D eigenvalue weighted by molar-refractivity contribution is -0.136. The fraction of sp³-hybridized carbons (Fsp3) is 0.286. The largest absolute Gasteiger partial charge is 0.493 e. The third-order valence-corrected chi connectivity index (χ3v) is 6.40. The number of nitrogens with zero attached hydrogens (tertiary/aromatic N) is 2. The van der Waals surface area contributed by atoms with E-state index in [2.05, 4.69) is 51.9 Å². The van der Waals surface area contributed by atoms with Gasteiger partial charge < -0.3 is 29.9 Å². The van der Waals surface area contributed by atoms with Gasteiger partial charge in [0.05, 0.1) is 20.3 Å². The number of benzene rings is 3. The molecule has 3 aromatic carbocycles. The van der Waals surface area contributed by atoms with E-state index in [9.17, 15) is 9.59 Å². The summed E-state index contributed by atoms with van der Waals surface area (Å²) in [5.74, 6) is -0.448. The topological polar surface area (TPSA) is 83.1 Å². The Morgan fingerprint density at radius 1 is 0.944 bits per heavy atom. The summed E-state index contributed by atoms with van der Waals surface area (Å²) in [6.45, 7) is 1.13. The molecule has 0 radical (unpaired) electrons. The van der Waals surface area contributed by atoms with Gasteiger partial charge in [0.15, 0.2) is 11.5 Å². The van der Waals surface area contributed by atoms with Gasteiger partial charge in [-0.2, -0.15) is 0 Å². The van der Waals surface area contributed by atoms with Crippen molar-refractivity contribution in [3.63, 3.8) is 0 Å². The third-order valence-electron chi connectivity index (χ3n) is 6.40. The van der Waals surface area contributed by atoms with Gasteiger partial charge in [0.1, 0.15) is 0 Å². The normalized spacial score (nSPS) is 12.9. The number of carbonyl (C=O) groups is 2. The zero-order chi connectivity index (χ0) is 25.7. The van der Waals surface area contributed by atoms with Crippen molar-refractivity contribution < 1.29 is 19.1 Å². The van der Waals surface area contributed by atoms with Crippen LogP contribution in [0.5, 0.6) is 11.5 Å². The fourth-order valence-corrected chi connectivity index (χ4v) is 4.46. The van der Waals surface area contributed by atoms with Crippen molar-refractivity contribution in [2.24, 2.45) is 0 Å². The average molecular weight is 489 g/mol. The van der Waals surface area contributed by atoms with Crippen LogP contribution in [-0.4, -0.2) is 53.2 Å². The van der Waals surface area contributed by atoms with Crippen LogP contribution in [0.3, 0.4) is 0 Å². The number of nitrogens with one attached hydrogen (secondary N) is 2. The molecule has 1 heterocycles. The van der Waals surface area contributed by atoms with Crippen LogP contribution in [0.4, 0.5) is 17.1 Å². The zero-order valence-electron chi connectivity index (χ0n) is 21.1. The van der Waals surface area contributed by atoms with Crippen molar-refractivity contribution in [2.45, 2.75) is 12.5 Å². The molecule has 0 aliphatic carbocycles. The van der Waals surface area contributed by atoms with Crippen molar-refractivity contribution in [1.82, 2.24) is 5.32 Å². The minimum Gasteiger partial charge on any atom is -0.493 e. The van der Waals surface area contributed by atoms with Gasteiger partial charge in [-0.25, -0.2) is 0 Å². The van der Waals surface area contributed by atoms with E-state index in [0.29, 0.717) is 17.2 Å². The van der Waals surface area contributed by atoms with Crippen molar-refractivity contribution in [2.75, 3.05) is 56.5 Å². The van der Waals surface area contributed by atoms with Gasteiger partial charge in [-0.05, 0) is 47.9 Å². The number of fused-ring (bicyclic) bond motifs is 1. The van der Waals surface area contributed by atoms with Crippen LogP contribution in [0.2, 0.25) is 0 Å².